The molecule has 0 amide bonds. The van der Waals surface area contributed by atoms with Crippen LogP contribution in [0.4, 0.5) is 5.82 Å². The van der Waals surface area contributed by atoms with E-state index in [0.29, 0.717) is 16.6 Å². The quantitative estimate of drug-likeness (QED) is 0.881. The molecule has 0 aliphatic carbocycles. The molecule has 0 aliphatic heterocycles. The van der Waals surface area contributed by atoms with Crippen LogP contribution in [0, 0.1) is 6.92 Å². The number of hydrogen-bond acceptors (Lipinski definition) is 4. The zero-order chi connectivity index (χ0) is 14.8. The Balaban J connectivity index is 2.44. The monoisotopic (exact) mass is 355 g/mol. The number of aromatic nitrogens is 1. The van der Waals surface area contributed by atoms with Crippen LogP contribution in [0.5, 0.6) is 0 Å². The highest BCUT2D eigenvalue weighted by atomic mass is 79.9. The molecular formula is C13H14BrN3O2S. The van der Waals surface area contributed by atoms with Crippen LogP contribution in [0.1, 0.15) is 11.1 Å². The number of nitrogens with two attached hydrogens (primary N) is 1. The number of benzene rings is 1. The number of sulfonamides is 1. The number of nitrogens with one attached hydrogen (secondary N) is 1. The minimum absolute atomic E-state index is 0.206. The topological polar surface area (TPSA) is 85.1 Å². The molecule has 1 aromatic heterocycles. The van der Waals surface area contributed by atoms with Crippen molar-refractivity contribution in [2.24, 2.45) is 5.73 Å². The van der Waals surface area contributed by atoms with Gasteiger partial charge in [0.1, 0.15) is 0 Å². The maximum atomic E-state index is 12.4. The van der Waals surface area contributed by atoms with Crippen molar-refractivity contribution in [2.45, 2.75) is 18.4 Å². The molecule has 0 atom stereocenters. The lowest BCUT2D eigenvalue weighted by atomic mass is 10.1. The molecule has 1 aromatic carbocycles. The molecule has 3 N–H and O–H groups in total. The Kier molecular flexibility index (Phi) is 4.42. The number of rotatable bonds is 4. The highest BCUT2D eigenvalue weighted by molar-refractivity contribution is 9.10. The van der Waals surface area contributed by atoms with Gasteiger partial charge < -0.3 is 5.73 Å². The zero-order valence-electron chi connectivity index (χ0n) is 10.8. The van der Waals surface area contributed by atoms with Gasteiger partial charge in [-0.3, -0.25) is 4.72 Å². The zero-order valence-corrected chi connectivity index (χ0v) is 13.2. The van der Waals surface area contributed by atoms with Crippen molar-refractivity contribution >= 4 is 31.8 Å². The fourth-order valence-electron chi connectivity index (χ4n) is 1.82. The molecule has 7 heteroatoms. The highest BCUT2D eigenvalue weighted by Crippen LogP contribution is 2.24. The summed E-state index contributed by atoms with van der Waals surface area (Å²) in [5.41, 5.74) is 7.05. The fourth-order valence-corrected chi connectivity index (χ4v) is 3.62. The number of nitrogens with zero attached hydrogens (tertiary/aromatic N) is 1. The standard InChI is InChI=1S/C13H14BrN3O2S/c1-9-10(8-15)4-2-6-12(9)20(18,19)17-13-11(14)5-3-7-16-13/h2-7H,8,15H2,1H3,(H,16,17). The lowest BCUT2D eigenvalue weighted by Gasteiger charge is -2.12. The van der Waals surface area contributed by atoms with Crippen LogP contribution in [-0.4, -0.2) is 13.4 Å². The number of halogens is 1. The summed E-state index contributed by atoms with van der Waals surface area (Å²) in [4.78, 5) is 4.21. The normalized spacial score (nSPS) is 11.3. The van der Waals surface area contributed by atoms with E-state index in [2.05, 4.69) is 25.6 Å². The molecule has 0 unspecified atom stereocenters. The van der Waals surface area contributed by atoms with E-state index in [0.717, 1.165) is 5.56 Å². The second kappa shape index (κ2) is 5.90. The van der Waals surface area contributed by atoms with Gasteiger partial charge in [-0.2, -0.15) is 0 Å². The molecule has 0 saturated heterocycles. The van der Waals surface area contributed by atoms with E-state index in [1.165, 1.54) is 6.20 Å². The summed E-state index contributed by atoms with van der Waals surface area (Å²) in [5.74, 6) is 0.255. The molecule has 0 saturated carbocycles. The van der Waals surface area contributed by atoms with Crippen LogP contribution in [0.2, 0.25) is 0 Å². The third-order valence-corrected chi connectivity index (χ3v) is 5.02. The third-order valence-electron chi connectivity index (χ3n) is 2.90. The molecule has 20 heavy (non-hydrogen) atoms. The van der Waals surface area contributed by atoms with Gasteiger partial charge >= 0.3 is 0 Å². The third kappa shape index (κ3) is 3.00. The molecule has 0 spiro atoms. The average Bonchev–Trinajstić information content (AvgIpc) is 2.41. The number of anilines is 1. The molecule has 5 nitrogen and oxygen atoms in total. The average molecular weight is 356 g/mol. The van der Waals surface area contributed by atoms with Crippen LogP contribution < -0.4 is 10.5 Å². The molecular weight excluding hydrogens is 342 g/mol. The summed E-state index contributed by atoms with van der Waals surface area (Å²) >= 11 is 3.26. The number of pyridine rings is 1. The van der Waals surface area contributed by atoms with Gasteiger partial charge in [-0.15, -0.1) is 0 Å². The van der Waals surface area contributed by atoms with Gasteiger partial charge in [0.2, 0.25) is 0 Å². The highest BCUT2D eigenvalue weighted by Gasteiger charge is 2.19. The second-order valence-corrected chi connectivity index (χ2v) is 6.69. The van der Waals surface area contributed by atoms with Crippen LogP contribution >= 0.6 is 15.9 Å². The van der Waals surface area contributed by atoms with Crippen molar-refractivity contribution < 1.29 is 8.42 Å². The molecule has 1 heterocycles. The molecule has 0 bridgehead atoms. The smallest absolute Gasteiger partial charge is 0.263 e. The molecule has 0 fully saturated rings. The summed E-state index contributed by atoms with van der Waals surface area (Å²) in [6.07, 6.45) is 1.52. The Labute approximate surface area is 126 Å². The van der Waals surface area contributed by atoms with Crippen LogP contribution in [0.15, 0.2) is 45.9 Å². The van der Waals surface area contributed by atoms with Crippen molar-refractivity contribution in [3.63, 3.8) is 0 Å². The van der Waals surface area contributed by atoms with E-state index >= 15 is 0 Å². The SMILES string of the molecule is Cc1c(CN)cccc1S(=O)(=O)Nc1ncccc1Br. The second-order valence-electron chi connectivity index (χ2n) is 4.18. The lowest BCUT2D eigenvalue weighted by molar-refractivity contribution is 0.600. The van der Waals surface area contributed by atoms with Crippen molar-refractivity contribution in [3.8, 4) is 0 Å². The molecule has 106 valence electrons. The minimum atomic E-state index is -3.70. The van der Waals surface area contributed by atoms with Gasteiger partial charge in [0.05, 0.1) is 9.37 Å². The Hall–Kier alpha value is -1.44. The fraction of sp³-hybridized carbons (Fsp3) is 0.154. The Morgan fingerprint density at radius 3 is 2.70 bits per heavy atom. The van der Waals surface area contributed by atoms with Gasteiger partial charge in [0.25, 0.3) is 10.0 Å². The van der Waals surface area contributed by atoms with E-state index in [1.54, 1.807) is 31.2 Å². The van der Waals surface area contributed by atoms with E-state index in [9.17, 15) is 8.42 Å². The maximum absolute atomic E-state index is 12.4. The molecule has 0 aliphatic rings. The minimum Gasteiger partial charge on any atom is -0.326 e. The van der Waals surface area contributed by atoms with Crippen molar-refractivity contribution in [1.82, 2.24) is 4.98 Å². The van der Waals surface area contributed by atoms with E-state index in [1.807, 2.05) is 6.07 Å². The predicted molar refractivity (Wildman–Crippen MR) is 81.8 cm³/mol. The first-order chi connectivity index (χ1) is 9.45. The summed E-state index contributed by atoms with van der Waals surface area (Å²) in [6.45, 7) is 2.03. The van der Waals surface area contributed by atoms with Gasteiger partial charge in [0, 0.05) is 12.7 Å². The maximum Gasteiger partial charge on any atom is 0.263 e. The van der Waals surface area contributed by atoms with E-state index in [-0.39, 0.29) is 10.7 Å². The van der Waals surface area contributed by atoms with Gasteiger partial charge in [-0.25, -0.2) is 13.4 Å². The lowest BCUT2D eigenvalue weighted by Crippen LogP contribution is -2.16. The summed E-state index contributed by atoms with van der Waals surface area (Å²) in [5, 5.41) is 0. The van der Waals surface area contributed by atoms with Crippen molar-refractivity contribution in [2.75, 3.05) is 4.72 Å². The van der Waals surface area contributed by atoms with Crippen LogP contribution in [0.3, 0.4) is 0 Å². The first-order valence-corrected chi connectivity index (χ1v) is 8.15. The Morgan fingerprint density at radius 1 is 1.30 bits per heavy atom. The van der Waals surface area contributed by atoms with Gasteiger partial charge in [-0.1, -0.05) is 12.1 Å². The van der Waals surface area contributed by atoms with E-state index in [4.69, 9.17) is 5.73 Å². The summed E-state index contributed by atoms with van der Waals surface area (Å²) in [7, 11) is -3.70. The largest absolute Gasteiger partial charge is 0.326 e. The molecule has 0 radical (unpaired) electrons. The predicted octanol–water partition coefficient (Wildman–Crippen LogP) is 2.41. The van der Waals surface area contributed by atoms with Gasteiger partial charge in [0.15, 0.2) is 5.82 Å². The van der Waals surface area contributed by atoms with E-state index < -0.39 is 10.0 Å². The van der Waals surface area contributed by atoms with Crippen molar-refractivity contribution in [3.05, 3.63) is 52.1 Å². The molecule has 2 rings (SSSR count). The number of hydrogen-bond donors (Lipinski definition) is 2. The van der Waals surface area contributed by atoms with Gasteiger partial charge in [-0.05, 0) is 52.2 Å². The Bertz CT molecular complexity index is 732. The summed E-state index contributed by atoms with van der Waals surface area (Å²) in [6, 6.07) is 8.46. The first kappa shape index (κ1) is 15.0. The van der Waals surface area contributed by atoms with Crippen LogP contribution in [-0.2, 0) is 16.6 Å². The molecule has 2 aromatic rings. The first-order valence-electron chi connectivity index (χ1n) is 5.87. The van der Waals surface area contributed by atoms with Crippen molar-refractivity contribution in [1.29, 1.82) is 0 Å². The summed E-state index contributed by atoms with van der Waals surface area (Å²) < 4.78 is 27.9. The Morgan fingerprint density at radius 2 is 2.05 bits per heavy atom. The van der Waals surface area contributed by atoms with Crippen LogP contribution in [0.25, 0.3) is 0 Å².